The normalized spacial score (nSPS) is 25.9. The summed E-state index contributed by atoms with van der Waals surface area (Å²) < 4.78 is 0. The molecule has 0 aromatic carbocycles. The molecule has 6 heteroatoms. The van der Waals surface area contributed by atoms with Gasteiger partial charge in [0.2, 0.25) is 0 Å². The van der Waals surface area contributed by atoms with Gasteiger partial charge in [0.25, 0.3) is 5.91 Å². The Bertz CT molecular complexity index is 244. The molecule has 0 spiro atoms. The summed E-state index contributed by atoms with van der Waals surface area (Å²) in [5.41, 5.74) is 2.13. The van der Waals surface area contributed by atoms with E-state index in [2.05, 4.69) is 15.6 Å². The standard InChI is InChI=1S/C9H16N2O4/c1-6-3-2-4-10-8(6)9(14)11-15-5-7(12)13/h6,8,10H,2-5H2,1H3,(H,11,14)(H,12,13). The van der Waals surface area contributed by atoms with Gasteiger partial charge in [0.05, 0.1) is 6.04 Å². The Labute approximate surface area is 87.9 Å². The Morgan fingerprint density at radius 3 is 2.93 bits per heavy atom. The molecule has 0 aromatic heterocycles. The topological polar surface area (TPSA) is 87.7 Å². The summed E-state index contributed by atoms with van der Waals surface area (Å²) in [5, 5.41) is 11.4. The van der Waals surface area contributed by atoms with E-state index in [0.29, 0.717) is 0 Å². The lowest BCUT2D eigenvalue weighted by molar-refractivity contribution is -0.150. The van der Waals surface area contributed by atoms with E-state index in [9.17, 15) is 9.59 Å². The van der Waals surface area contributed by atoms with Crippen molar-refractivity contribution in [2.75, 3.05) is 13.2 Å². The van der Waals surface area contributed by atoms with Crippen molar-refractivity contribution in [2.45, 2.75) is 25.8 Å². The van der Waals surface area contributed by atoms with Gasteiger partial charge < -0.3 is 10.4 Å². The van der Waals surface area contributed by atoms with Gasteiger partial charge in [-0.2, -0.15) is 0 Å². The fourth-order valence-electron chi connectivity index (χ4n) is 1.63. The first-order valence-corrected chi connectivity index (χ1v) is 4.98. The molecule has 15 heavy (non-hydrogen) atoms. The number of carbonyl (C=O) groups is 2. The molecule has 3 N–H and O–H groups in total. The number of hydrogen-bond acceptors (Lipinski definition) is 4. The Balaban J connectivity index is 2.29. The Morgan fingerprint density at radius 2 is 2.33 bits per heavy atom. The lowest BCUT2D eigenvalue weighted by atomic mass is 9.92. The lowest BCUT2D eigenvalue weighted by Crippen LogP contribution is -2.51. The molecular formula is C9H16N2O4. The molecule has 1 fully saturated rings. The van der Waals surface area contributed by atoms with Crippen LogP contribution >= 0.6 is 0 Å². The molecule has 1 rings (SSSR count). The van der Waals surface area contributed by atoms with Crippen molar-refractivity contribution in [1.29, 1.82) is 0 Å². The number of carboxylic acid groups (broad SMARTS) is 1. The Morgan fingerprint density at radius 1 is 1.60 bits per heavy atom. The predicted molar refractivity (Wildman–Crippen MR) is 51.9 cm³/mol. The Hall–Kier alpha value is -1.14. The van der Waals surface area contributed by atoms with Crippen LogP contribution in [0.5, 0.6) is 0 Å². The van der Waals surface area contributed by atoms with Crippen LogP contribution in [0.3, 0.4) is 0 Å². The van der Waals surface area contributed by atoms with Crippen molar-refractivity contribution < 1.29 is 19.5 Å². The van der Waals surface area contributed by atoms with Gasteiger partial charge in [-0.15, -0.1) is 0 Å². The van der Waals surface area contributed by atoms with E-state index in [4.69, 9.17) is 5.11 Å². The van der Waals surface area contributed by atoms with E-state index in [-0.39, 0.29) is 17.9 Å². The second-order valence-corrected chi connectivity index (χ2v) is 3.70. The highest BCUT2D eigenvalue weighted by Gasteiger charge is 2.27. The van der Waals surface area contributed by atoms with E-state index in [0.717, 1.165) is 19.4 Å². The van der Waals surface area contributed by atoms with Crippen LogP contribution in [0.4, 0.5) is 0 Å². The minimum Gasteiger partial charge on any atom is -0.479 e. The first-order valence-electron chi connectivity index (χ1n) is 4.98. The van der Waals surface area contributed by atoms with Crippen LogP contribution in [-0.2, 0) is 14.4 Å². The van der Waals surface area contributed by atoms with Crippen molar-refractivity contribution in [2.24, 2.45) is 5.92 Å². The zero-order valence-corrected chi connectivity index (χ0v) is 8.66. The molecule has 0 radical (unpaired) electrons. The number of amides is 1. The molecule has 1 amide bonds. The third-order valence-electron chi connectivity index (χ3n) is 2.42. The molecule has 0 bridgehead atoms. The zero-order valence-electron chi connectivity index (χ0n) is 8.66. The molecule has 86 valence electrons. The number of carboxylic acids is 1. The molecule has 1 aliphatic heterocycles. The van der Waals surface area contributed by atoms with Crippen molar-refractivity contribution >= 4 is 11.9 Å². The number of aliphatic carboxylic acids is 1. The number of piperidine rings is 1. The molecule has 0 aromatic rings. The van der Waals surface area contributed by atoms with Crippen LogP contribution in [0.15, 0.2) is 0 Å². The first-order chi connectivity index (χ1) is 7.11. The molecule has 6 nitrogen and oxygen atoms in total. The van der Waals surface area contributed by atoms with Crippen LogP contribution in [-0.4, -0.2) is 36.2 Å². The lowest BCUT2D eigenvalue weighted by Gasteiger charge is -2.28. The van der Waals surface area contributed by atoms with Crippen LogP contribution in [0.25, 0.3) is 0 Å². The monoisotopic (exact) mass is 216 g/mol. The van der Waals surface area contributed by atoms with E-state index >= 15 is 0 Å². The largest absolute Gasteiger partial charge is 0.479 e. The average molecular weight is 216 g/mol. The quantitative estimate of drug-likeness (QED) is 0.552. The van der Waals surface area contributed by atoms with Gasteiger partial charge in [-0.05, 0) is 25.3 Å². The third kappa shape index (κ3) is 3.85. The molecule has 1 saturated heterocycles. The number of nitrogens with one attached hydrogen (secondary N) is 2. The second kappa shape index (κ2) is 5.67. The summed E-state index contributed by atoms with van der Waals surface area (Å²) in [4.78, 5) is 26.1. The number of hydroxylamine groups is 1. The SMILES string of the molecule is CC1CCCNC1C(=O)NOCC(=O)O. The maximum absolute atomic E-state index is 11.5. The van der Waals surface area contributed by atoms with Gasteiger partial charge >= 0.3 is 5.97 Å². The molecule has 1 aliphatic rings. The van der Waals surface area contributed by atoms with Crippen molar-refractivity contribution in [3.8, 4) is 0 Å². The van der Waals surface area contributed by atoms with Crippen LogP contribution in [0, 0.1) is 5.92 Å². The van der Waals surface area contributed by atoms with E-state index in [1.54, 1.807) is 0 Å². The molecule has 2 atom stereocenters. The van der Waals surface area contributed by atoms with Gasteiger partial charge in [-0.25, -0.2) is 10.3 Å². The molecule has 2 unspecified atom stereocenters. The smallest absolute Gasteiger partial charge is 0.332 e. The third-order valence-corrected chi connectivity index (χ3v) is 2.42. The van der Waals surface area contributed by atoms with Gasteiger partial charge in [0, 0.05) is 0 Å². The number of rotatable bonds is 4. The van der Waals surface area contributed by atoms with Crippen molar-refractivity contribution in [3.05, 3.63) is 0 Å². The maximum Gasteiger partial charge on any atom is 0.332 e. The highest BCUT2D eigenvalue weighted by atomic mass is 16.7. The average Bonchev–Trinajstić information content (AvgIpc) is 2.17. The molecular weight excluding hydrogens is 200 g/mol. The van der Waals surface area contributed by atoms with Crippen LogP contribution in [0.2, 0.25) is 0 Å². The first kappa shape index (κ1) is 11.9. The van der Waals surface area contributed by atoms with E-state index in [1.165, 1.54) is 0 Å². The molecule has 1 heterocycles. The number of carbonyl (C=O) groups excluding carboxylic acids is 1. The molecule has 0 saturated carbocycles. The minimum atomic E-state index is -1.11. The zero-order chi connectivity index (χ0) is 11.3. The van der Waals surface area contributed by atoms with Gasteiger partial charge in [-0.1, -0.05) is 6.92 Å². The highest BCUT2D eigenvalue weighted by molar-refractivity contribution is 5.81. The van der Waals surface area contributed by atoms with Crippen LogP contribution in [0.1, 0.15) is 19.8 Å². The summed E-state index contributed by atoms with van der Waals surface area (Å²) in [6.07, 6.45) is 2.05. The summed E-state index contributed by atoms with van der Waals surface area (Å²) in [6, 6.07) is -0.285. The Kier molecular flexibility index (Phi) is 4.51. The summed E-state index contributed by atoms with van der Waals surface area (Å²) in [7, 11) is 0. The predicted octanol–water partition coefficient (Wildman–Crippen LogP) is -0.493. The summed E-state index contributed by atoms with van der Waals surface area (Å²) in [6.45, 7) is 2.27. The summed E-state index contributed by atoms with van der Waals surface area (Å²) >= 11 is 0. The minimum absolute atomic E-state index is 0.243. The van der Waals surface area contributed by atoms with Gasteiger partial charge in [-0.3, -0.25) is 9.63 Å². The second-order valence-electron chi connectivity index (χ2n) is 3.70. The van der Waals surface area contributed by atoms with Gasteiger partial charge in [0.15, 0.2) is 6.61 Å². The van der Waals surface area contributed by atoms with Crippen molar-refractivity contribution in [1.82, 2.24) is 10.8 Å². The fourth-order valence-corrected chi connectivity index (χ4v) is 1.63. The van der Waals surface area contributed by atoms with E-state index < -0.39 is 12.6 Å². The van der Waals surface area contributed by atoms with E-state index in [1.807, 2.05) is 6.92 Å². The number of hydrogen-bond donors (Lipinski definition) is 3. The maximum atomic E-state index is 11.5. The van der Waals surface area contributed by atoms with Gasteiger partial charge in [0.1, 0.15) is 0 Å². The highest BCUT2D eigenvalue weighted by Crippen LogP contribution is 2.15. The molecule has 0 aliphatic carbocycles. The fraction of sp³-hybridized carbons (Fsp3) is 0.778. The summed E-state index contributed by atoms with van der Waals surface area (Å²) in [5.74, 6) is -1.17. The van der Waals surface area contributed by atoms with Crippen LogP contribution < -0.4 is 10.8 Å². The van der Waals surface area contributed by atoms with Crippen molar-refractivity contribution in [3.63, 3.8) is 0 Å².